The number of phosphoric ester groups is 1. The second-order valence-electron chi connectivity index (χ2n) is 13.9. The van der Waals surface area contributed by atoms with Crippen molar-refractivity contribution in [2.24, 2.45) is 0 Å². The van der Waals surface area contributed by atoms with Gasteiger partial charge in [-0.1, -0.05) is 24.3 Å². The topological polar surface area (TPSA) is 224 Å². The maximum atomic E-state index is 13.5. The van der Waals surface area contributed by atoms with E-state index in [1.807, 2.05) is 12.1 Å². The minimum Gasteiger partial charge on any atom is -0.780 e. The molecule has 0 bridgehead atoms. The van der Waals surface area contributed by atoms with E-state index in [1.54, 1.807) is 29.4 Å². The summed E-state index contributed by atoms with van der Waals surface area (Å²) in [5, 5.41) is 15.0. The summed E-state index contributed by atoms with van der Waals surface area (Å²) in [5.41, 5.74) is 9.54. The molecule has 0 unspecified atom stereocenters. The van der Waals surface area contributed by atoms with Crippen molar-refractivity contribution in [2.75, 3.05) is 48.3 Å². The predicted octanol–water partition coefficient (Wildman–Crippen LogP) is -4.49. The van der Waals surface area contributed by atoms with Gasteiger partial charge in [0.25, 0.3) is 0 Å². The van der Waals surface area contributed by atoms with E-state index in [9.17, 15) is 28.7 Å². The zero-order valence-electron chi connectivity index (χ0n) is 31.2. The molecule has 3 aliphatic heterocycles. The van der Waals surface area contributed by atoms with Gasteiger partial charge in [-0.3, -0.25) is 24.6 Å². The van der Waals surface area contributed by atoms with Crippen LogP contribution in [0.3, 0.4) is 0 Å². The van der Waals surface area contributed by atoms with Crippen molar-refractivity contribution in [2.45, 2.75) is 56.5 Å². The van der Waals surface area contributed by atoms with E-state index in [1.165, 1.54) is 22.9 Å². The van der Waals surface area contributed by atoms with Gasteiger partial charge in [-0.15, -0.1) is 10.2 Å². The number of rotatable bonds is 8. The fraction of sp³-hybridized carbons (Fsp3) is 0.389. The van der Waals surface area contributed by atoms with Gasteiger partial charge in [-0.2, -0.15) is 5.10 Å². The minimum atomic E-state index is -5.33. The molecule has 2 saturated heterocycles. The van der Waals surface area contributed by atoms with Gasteiger partial charge >= 0.3 is 103 Å². The number of amides is 3. The largest absolute Gasteiger partial charge is 1.00 e. The van der Waals surface area contributed by atoms with E-state index in [0.717, 1.165) is 42.7 Å². The molecule has 8 rings (SSSR count). The van der Waals surface area contributed by atoms with Crippen LogP contribution in [0.25, 0.3) is 16.9 Å². The third kappa shape index (κ3) is 9.36. The number of carbonyl (C=O) groups is 3. The number of anilines is 3. The molecule has 2 aromatic heterocycles. The summed E-state index contributed by atoms with van der Waals surface area (Å²) in [6.45, 7) is 2.50. The van der Waals surface area contributed by atoms with Gasteiger partial charge in [-0.05, 0) is 67.9 Å². The van der Waals surface area contributed by atoms with Crippen molar-refractivity contribution in [1.29, 1.82) is 0 Å². The van der Waals surface area contributed by atoms with Crippen molar-refractivity contribution in [1.82, 2.24) is 30.2 Å². The predicted molar refractivity (Wildman–Crippen MR) is 192 cm³/mol. The van der Waals surface area contributed by atoms with Crippen LogP contribution in [0.5, 0.6) is 11.5 Å². The molecule has 2 aromatic carbocycles. The van der Waals surface area contributed by atoms with E-state index < -0.39 is 13.9 Å². The monoisotopic (exact) mass is 833 g/mol. The van der Waals surface area contributed by atoms with Crippen LogP contribution in [0.2, 0.25) is 0 Å². The number of hydrogen-bond acceptors (Lipinski definition) is 14. The Bertz CT molecular complexity index is 2160. The Morgan fingerprint density at radius 1 is 0.929 bits per heavy atom. The third-order valence-electron chi connectivity index (χ3n) is 10.7. The number of fused-ring (bicyclic) bond motifs is 1. The molecule has 0 spiro atoms. The first-order valence-corrected chi connectivity index (χ1v) is 19.4. The minimum absolute atomic E-state index is 0. The molecule has 282 valence electrons. The van der Waals surface area contributed by atoms with Crippen LogP contribution in [-0.4, -0.2) is 87.5 Å². The van der Waals surface area contributed by atoms with Crippen LogP contribution in [0.4, 0.5) is 17.2 Å². The quantitative estimate of drug-likeness (QED) is 0.0971. The van der Waals surface area contributed by atoms with Gasteiger partial charge in [0.1, 0.15) is 37.7 Å². The molecule has 5 heterocycles. The standard InChI is InChI=1S/C36H40N9O8P.2K/c37-35-30(18-27(40-41-35)26-4-1-2-7-31(26)53-54(49,50)51)45-20-24(19-38-45)43-15-14-42(21-33(43)47)23-10-8-22(9-11-23)25-5-3-6-28-34(25)52-17-16-44(28)29-12-13-32(46)39-36(29)48;;/h1-7,18-20,22-23,29H,8-17,21H2,(H2,37,41)(H,39,46,48)(H2,49,50,51);;/q;2*+1/p-2/t22-,23-,29-;;/m0../s1. The molecule has 1 saturated carbocycles. The number of hydrogen-bond donors (Lipinski definition) is 2. The number of aromatic nitrogens is 4. The average Bonchev–Trinajstić information content (AvgIpc) is 3.64. The summed E-state index contributed by atoms with van der Waals surface area (Å²) >= 11 is 0. The first-order chi connectivity index (χ1) is 26.0. The van der Waals surface area contributed by atoms with Gasteiger partial charge in [0.05, 0.1) is 42.6 Å². The number of nitrogens with one attached hydrogen (secondary N) is 1. The molecule has 3 N–H and O–H groups in total. The van der Waals surface area contributed by atoms with E-state index in [2.05, 4.69) is 41.0 Å². The Morgan fingerprint density at radius 3 is 2.46 bits per heavy atom. The Labute approximate surface area is 408 Å². The molecule has 17 nitrogen and oxygen atoms in total. The van der Waals surface area contributed by atoms with Crippen LogP contribution >= 0.6 is 7.82 Å². The number of nitrogens with two attached hydrogens (primary N) is 1. The number of piperazine rings is 1. The molecular formula is C36H38K2N9O8P. The number of piperidine rings is 1. The number of phosphoric acid groups is 1. The van der Waals surface area contributed by atoms with E-state index >= 15 is 0 Å². The molecule has 1 aliphatic carbocycles. The molecule has 1 atom stereocenters. The van der Waals surface area contributed by atoms with Crippen molar-refractivity contribution in [3.63, 3.8) is 0 Å². The van der Waals surface area contributed by atoms with Crippen molar-refractivity contribution in [3.05, 3.63) is 66.5 Å². The van der Waals surface area contributed by atoms with Crippen molar-refractivity contribution in [3.8, 4) is 28.4 Å². The van der Waals surface area contributed by atoms with Gasteiger partial charge in [0.2, 0.25) is 17.7 Å². The Balaban J connectivity index is 0.00000266. The fourth-order valence-corrected chi connectivity index (χ4v) is 8.51. The third-order valence-corrected chi connectivity index (χ3v) is 11.1. The fourth-order valence-electron chi connectivity index (χ4n) is 8.11. The van der Waals surface area contributed by atoms with Crippen LogP contribution in [0, 0.1) is 0 Å². The van der Waals surface area contributed by atoms with Gasteiger partial charge in [-0.25, -0.2) is 4.68 Å². The van der Waals surface area contributed by atoms with Crippen LogP contribution < -0.4 is 143 Å². The Kier molecular flexibility index (Phi) is 14.3. The maximum Gasteiger partial charge on any atom is 1.00 e. The summed E-state index contributed by atoms with van der Waals surface area (Å²) in [6, 6.07) is 13.6. The number of para-hydroxylation sites is 2. The number of ether oxygens (including phenoxy) is 1. The van der Waals surface area contributed by atoms with Crippen LogP contribution in [0.1, 0.15) is 50.0 Å². The van der Waals surface area contributed by atoms with Crippen LogP contribution in [0.15, 0.2) is 60.9 Å². The smallest absolute Gasteiger partial charge is 0.780 e. The summed E-state index contributed by atoms with van der Waals surface area (Å²) < 4.78 is 23.6. The molecular weight excluding hydrogens is 796 g/mol. The molecule has 56 heavy (non-hydrogen) atoms. The van der Waals surface area contributed by atoms with Crippen molar-refractivity contribution < 1.29 is 141 Å². The van der Waals surface area contributed by atoms with Gasteiger partial charge in [0, 0.05) is 31.1 Å². The molecule has 3 fully saturated rings. The molecule has 4 aliphatic rings. The zero-order chi connectivity index (χ0) is 37.6. The molecule has 20 heteroatoms. The van der Waals surface area contributed by atoms with E-state index in [0.29, 0.717) is 50.5 Å². The SMILES string of the molecule is Nc1nnc(-c2ccccc2OP(=O)([O-])[O-])cc1-n1cc(N2CCN([C@H]3CC[C@H](c4cccc5c4OCCN5[C@H]4CCC(=O)NC4=O)CC3)CC2=O)cn1.[K+].[K+]. The Morgan fingerprint density at radius 2 is 1.71 bits per heavy atom. The number of carbonyl (C=O) groups excluding carboxylic acids is 3. The van der Waals surface area contributed by atoms with E-state index in [4.69, 9.17) is 10.5 Å². The molecule has 4 aromatic rings. The number of imide groups is 1. The first-order valence-electron chi connectivity index (χ1n) is 17.9. The van der Waals surface area contributed by atoms with Crippen molar-refractivity contribution >= 4 is 42.7 Å². The second kappa shape index (κ2) is 18.5. The second-order valence-corrected chi connectivity index (χ2v) is 15.0. The van der Waals surface area contributed by atoms with Gasteiger partial charge in [0.15, 0.2) is 5.82 Å². The molecule has 0 radical (unpaired) electrons. The number of benzene rings is 2. The molecule has 3 amide bonds. The summed E-state index contributed by atoms with van der Waals surface area (Å²) in [5.74, 6) is 0.438. The normalized spacial score (nSPS) is 21.6. The van der Waals surface area contributed by atoms with Gasteiger partial charge < -0.3 is 39.1 Å². The summed E-state index contributed by atoms with van der Waals surface area (Å²) in [7, 11) is -5.33. The first kappa shape index (κ1) is 43.5. The summed E-state index contributed by atoms with van der Waals surface area (Å²) in [4.78, 5) is 66.7. The Hall–Kier alpha value is -2.08. The number of nitrogens with zero attached hydrogens (tertiary/aromatic N) is 7. The average molecular weight is 834 g/mol. The maximum absolute atomic E-state index is 13.5. The van der Waals surface area contributed by atoms with Crippen LogP contribution in [-0.2, 0) is 18.9 Å². The number of nitrogen functional groups attached to an aromatic ring is 1. The zero-order valence-corrected chi connectivity index (χ0v) is 38.3. The van der Waals surface area contributed by atoms with E-state index in [-0.39, 0.29) is 162 Å². The summed E-state index contributed by atoms with van der Waals surface area (Å²) in [6.07, 6.45) is 7.80.